The third-order valence-corrected chi connectivity index (χ3v) is 2.87. The molecule has 0 saturated heterocycles. The average Bonchev–Trinajstić information content (AvgIpc) is 2.69. The second-order valence-corrected chi connectivity index (χ2v) is 5.14. The number of fused-ring (bicyclic) bond motifs is 1. The maximum Gasteiger partial charge on any atom is 0.224 e. The van der Waals surface area contributed by atoms with E-state index in [4.69, 9.17) is 4.42 Å². The molecule has 0 atom stereocenters. The van der Waals surface area contributed by atoms with E-state index in [1.807, 2.05) is 19.1 Å². The third-order valence-electron chi connectivity index (χ3n) is 2.87. The van der Waals surface area contributed by atoms with Gasteiger partial charge in [-0.25, -0.2) is 0 Å². The molecule has 3 nitrogen and oxygen atoms in total. The van der Waals surface area contributed by atoms with Crippen LogP contribution in [0.25, 0.3) is 11.0 Å². The predicted molar refractivity (Wildman–Crippen MR) is 72.5 cm³/mol. The lowest BCUT2D eigenvalue weighted by atomic mass is 10.1. The summed E-state index contributed by atoms with van der Waals surface area (Å²) in [7, 11) is 0. The van der Waals surface area contributed by atoms with Crippen LogP contribution in [-0.4, -0.2) is 12.5 Å². The van der Waals surface area contributed by atoms with Crippen LogP contribution in [0.1, 0.15) is 25.0 Å². The smallest absolute Gasteiger partial charge is 0.224 e. The van der Waals surface area contributed by atoms with Crippen LogP contribution in [0.3, 0.4) is 0 Å². The molecule has 0 unspecified atom stereocenters. The highest BCUT2D eigenvalue weighted by atomic mass is 16.3. The number of benzene rings is 1. The summed E-state index contributed by atoms with van der Waals surface area (Å²) in [6.45, 7) is 6.91. The molecule has 0 spiro atoms. The highest BCUT2D eigenvalue weighted by Crippen LogP contribution is 2.22. The van der Waals surface area contributed by atoms with Crippen molar-refractivity contribution in [2.45, 2.75) is 27.2 Å². The fourth-order valence-corrected chi connectivity index (χ4v) is 1.89. The number of nitrogens with one attached hydrogen (secondary N) is 1. The van der Waals surface area contributed by atoms with Gasteiger partial charge < -0.3 is 9.73 Å². The van der Waals surface area contributed by atoms with Crippen LogP contribution in [0.5, 0.6) is 0 Å². The van der Waals surface area contributed by atoms with Crippen LogP contribution < -0.4 is 5.32 Å². The van der Waals surface area contributed by atoms with E-state index in [9.17, 15) is 4.79 Å². The molecular formula is C15H19NO2. The number of furan rings is 1. The van der Waals surface area contributed by atoms with Crippen LogP contribution >= 0.6 is 0 Å². The van der Waals surface area contributed by atoms with Crippen molar-refractivity contribution in [2.75, 3.05) is 6.54 Å². The molecule has 18 heavy (non-hydrogen) atoms. The van der Waals surface area contributed by atoms with E-state index in [0.717, 1.165) is 16.5 Å². The van der Waals surface area contributed by atoms with Crippen molar-refractivity contribution in [3.05, 3.63) is 35.6 Å². The van der Waals surface area contributed by atoms with Gasteiger partial charge >= 0.3 is 0 Å². The van der Waals surface area contributed by atoms with Crippen LogP contribution in [0, 0.1) is 12.8 Å². The standard InChI is InChI=1S/C15H19NO2/c1-10(2)8-16-15(17)7-12-9-18-14-5-4-11(3)6-13(12)14/h4-6,9-10H,7-8H2,1-3H3,(H,16,17). The zero-order valence-corrected chi connectivity index (χ0v) is 11.1. The van der Waals surface area contributed by atoms with Gasteiger partial charge in [-0.3, -0.25) is 4.79 Å². The van der Waals surface area contributed by atoms with Gasteiger partial charge in [0.25, 0.3) is 0 Å². The van der Waals surface area contributed by atoms with Crippen molar-refractivity contribution < 1.29 is 9.21 Å². The number of carbonyl (C=O) groups excluding carboxylic acids is 1. The monoisotopic (exact) mass is 245 g/mol. The highest BCUT2D eigenvalue weighted by molar-refractivity contribution is 5.87. The Bertz CT molecular complexity index is 555. The second kappa shape index (κ2) is 5.25. The number of amides is 1. The summed E-state index contributed by atoms with van der Waals surface area (Å²) in [5.41, 5.74) is 2.97. The zero-order valence-electron chi connectivity index (χ0n) is 11.1. The van der Waals surface area contributed by atoms with Gasteiger partial charge in [0.05, 0.1) is 12.7 Å². The van der Waals surface area contributed by atoms with E-state index in [1.165, 1.54) is 5.56 Å². The summed E-state index contributed by atoms with van der Waals surface area (Å²) in [5.74, 6) is 0.519. The normalized spacial score (nSPS) is 11.1. The number of aryl methyl sites for hydroxylation is 1. The van der Waals surface area contributed by atoms with Crippen molar-refractivity contribution in [1.82, 2.24) is 5.32 Å². The van der Waals surface area contributed by atoms with Gasteiger partial charge in [-0.05, 0) is 25.0 Å². The van der Waals surface area contributed by atoms with Gasteiger partial charge in [-0.2, -0.15) is 0 Å². The Hall–Kier alpha value is -1.77. The molecule has 1 aromatic carbocycles. The fraction of sp³-hybridized carbons (Fsp3) is 0.400. The van der Waals surface area contributed by atoms with Crippen molar-refractivity contribution >= 4 is 16.9 Å². The molecule has 0 fully saturated rings. The Morgan fingerprint density at radius 2 is 2.17 bits per heavy atom. The molecule has 0 aliphatic rings. The second-order valence-electron chi connectivity index (χ2n) is 5.14. The molecule has 0 aliphatic heterocycles. The summed E-state index contributed by atoms with van der Waals surface area (Å²) in [5, 5.41) is 3.96. The number of rotatable bonds is 4. The first-order valence-electron chi connectivity index (χ1n) is 6.29. The third kappa shape index (κ3) is 2.92. The number of carbonyl (C=O) groups is 1. The molecule has 0 saturated carbocycles. The van der Waals surface area contributed by atoms with Crippen LogP contribution in [0.15, 0.2) is 28.9 Å². The van der Waals surface area contributed by atoms with Crippen molar-refractivity contribution in [3.63, 3.8) is 0 Å². The molecule has 0 bridgehead atoms. The molecular weight excluding hydrogens is 226 g/mol. The topological polar surface area (TPSA) is 42.2 Å². The van der Waals surface area contributed by atoms with Crippen LogP contribution in [-0.2, 0) is 11.2 Å². The highest BCUT2D eigenvalue weighted by Gasteiger charge is 2.10. The van der Waals surface area contributed by atoms with Gasteiger partial charge in [0, 0.05) is 17.5 Å². The molecule has 1 amide bonds. The Morgan fingerprint density at radius 3 is 2.89 bits per heavy atom. The summed E-state index contributed by atoms with van der Waals surface area (Å²) in [6, 6.07) is 6.01. The first-order valence-corrected chi connectivity index (χ1v) is 6.29. The average molecular weight is 245 g/mol. The van der Waals surface area contributed by atoms with E-state index in [2.05, 4.69) is 25.2 Å². The first-order chi connectivity index (χ1) is 8.56. The van der Waals surface area contributed by atoms with E-state index >= 15 is 0 Å². The molecule has 1 heterocycles. The SMILES string of the molecule is Cc1ccc2occ(CC(=O)NCC(C)C)c2c1. The molecule has 1 N–H and O–H groups in total. The molecule has 0 aliphatic carbocycles. The van der Waals surface area contributed by atoms with Crippen molar-refractivity contribution in [1.29, 1.82) is 0 Å². The van der Waals surface area contributed by atoms with Crippen LogP contribution in [0.4, 0.5) is 0 Å². The molecule has 2 aromatic rings. The molecule has 0 radical (unpaired) electrons. The van der Waals surface area contributed by atoms with Crippen molar-refractivity contribution in [2.24, 2.45) is 5.92 Å². The Morgan fingerprint density at radius 1 is 1.39 bits per heavy atom. The summed E-state index contributed by atoms with van der Waals surface area (Å²) in [6.07, 6.45) is 2.06. The summed E-state index contributed by atoms with van der Waals surface area (Å²) < 4.78 is 5.45. The summed E-state index contributed by atoms with van der Waals surface area (Å²) >= 11 is 0. The minimum Gasteiger partial charge on any atom is -0.464 e. The van der Waals surface area contributed by atoms with E-state index in [1.54, 1.807) is 6.26 Å². The Balaban J connectivity index is 2.12. The first kappa shape index (κ1) is 12.7. The minimum absolute atomic E-state index is 0.0490. The van der Waals surface area contributed by atoms with E-state index in [0.29, 0.717) is 18.9 Å². The molecule has 2 rings (SSSR count). The maximum absolute atomic E-state index is 11.8. The lowest BCUT2D eigenvalue weighted by Gasteiger charge is -2.06. The quantitative estimate of drug-likeness (QED) is 0.899. The predicted octanol–water partition coefficient (Wildman–Crippen LogP) is 3.06. The van der Waals surface area contributed by atoms with Gasteiger partial charge in [0.2, 0.25) is 5.91 Å². The van der Waals surface area contributed by atoms with Gasteiger partial charge in [-0.15, -0.1) is 0 Å². The number of hydrogen-bond acceptors (Lipinski definition) is 2. The fourth-order valence-electron chi connectivity index (χ4n) is 1.89. The van der Waals surface area contributed by atoms with Crippen molar-refractivity contribution in [3.8, 4) is 0 Å². The number of hydrogen-bond donors (Lipinski definition) is 1. The lowest BCUT2D eigenvalue weighted by molar-refractivity contribution is -0.120. The lowest BCUT2D eigenvalue weighted by Crippen LogP contribution is -2.28. The zero-order chi connectivity index (χ0) is 13.1. The minimum atomic E-state index is 0.0490. The molecule has 3 heteroatoms. The molecule has 1 aromatic heterocycles. The molecule has 96 valence electrons. The largest absolute Gasteiger partial charge is 0.464 e. The van der Waals surface area contributed by atoms with Crippen LogP contribution in [0.2, 0.25) is 0 Å². The summed E-state index contributed by atoms with van der Waals surface area (Å²) in [4.78, 5) is 11.8. The van der Waals surface area contributed by atoms with E-state index in [-0.39, 0.29) is 5.91 Å². The van der Waals surface area contributed by atoms with Gasteiger partial charge in [-0.1, -0.05) is 25.5 Å². The van der Waals surface area contributed by atoms with Gasteiger partial charge in [0.1, 0.15) is 5.58 Å². The Labute approximate surface area is 107 Å². The Kier molecular flexibility index (Phi) is 3.70. The van der Waals surface area contributed by atoms with E-state index < -0.39 is 0 Å². The van der Waals surface area contributed by atoms with Gasteiger partial charge in [0.15, 0.2) is 0 Å². The maximum atomic E-state index is 11.8.